The van der Waals surface area contributed by atoms with Crippen molar-refractivity contribution in [1.82, 2.24) is 9.88 Å². The van der Waals surface area contributed by atoms with Gasteiger partial charge < -0.3 is 10.0 Å². The van der Waals surface area contributed by atoms with Gasteiger partial charge in [-0.3, -0.25) is 9.78 Å². The van der Waals surface area contributed by atoms with Crippen molar-refractivity contribution in [3.05, 3.63) is 65.5 Å². The van der Waals surface area contributed by atoms with Crippen LogP contribution in [-0.4, -0.2) is 39.6 Å². The van der Waals surface area contributed by atoms with Crippen LogP contribution in [0.1, 0.15) is 59.6 Å². The van der Waals surface area contributed by atoms with Gasteiger partial charge in [-0.05, 0) is 48.6 Å². The molecule has 1 aliphatic carbocycles. The van der Waals surface area contributed by atoms with Crippen molar-refractivity contribution in [1.29, 1.82) is 5.26 Å². The van der Waals surface area contributed by atoms with Crippen molar-refractivity contribution in [2.45, 2.75) is 50.1 Å². The highest BCUT2D eigenvalue weighted by Crippen LogP contribution is 2.41. The van der Waals surface area contributed by atoms with Gasteiger partial charge in [0, 0.05) is 24.1 Å². The molecule has 0 radical (unpaired) electrons. The van der Waals surface area contributed by atoms with Crippen molar-refractivity contribution in [3.8, 4) is 17.9 Å². The molecule has 1 aromatic heterocycles. The highest BCUT2D eigenvalue weighted by atomic mass is 16.3. The quantitative estimate of drug-likeness (QED) is 0.798. The van der Waals surface area contributed by atoms with Gasteiger partial charge in [-0.2, -0.15) is 5.26 Å². The van der Waals surface area contributed by atoms with E-state index in [-0.39, 0.29) is 24.1 Å². The molecule has 1 saturated heterocycles. The van der Waals surface area contributed by atoms with Crippen LogP contribution in [0.4, 0.5) is 0 Å². The Morgan fingerprint density at radius 1 is 1.17 bits per heavy atom. The predicted octanol–water partition coefficient (Wildman–Crippen LogP) is 3.51. The molecule has 2 aliphatic rings. The molecule has 1 saturated carbocycles. The minimum Gasteiger partial charge on any atom is -0.394 e. The van der Waals surface area contributed by atoms with Crippen LogP contribution in [0.2, 0.25) is 0 Å². The number of aliphatic hydroxyl groups is 1. The number of amides is 1. The van der Waals surface area contributed by atoms with Crippen LogP contribution in [0, 0.1) is 29.1 Å². The normalized spacial score (nSPS) is 23.2. The van der Waals surface area contributed by atoms with E-state index < -0.39 is 12.1 Å². The van der Waals surface area contributed by atoms with E-state index in [0.29, 0.717) is 0 Å². The van der Waals surface area contributed by atoms with Crippen LogP contribution in [0.25, 0.3) is 0 Å². The molecule has 1 aromatic carbocycles. The number of rotatable bonds is 4. The van der Waals surface area contributed by atoms with Gasteiger partial charge in [0.15, 0.2) is 0 Å². The Morgan fingerprint density at radius 2 is 1.93 bits per heavy atom. The number of carbonyl (C=O) groups excluding carboxylic acids is 1. The average molecular weight is 399 g/mol. The molecule has 152 valence electrons. The summed E-state index contributed by atoms with van der Waals surface area (Å²) in [7, 11) is 0. The lowest BCUT2D eigenvalue weighted by Gasteiger charge is -2.51. The second-order valence-electron chi connectivity index (χ2n) is 8.06. The molecule has 2 aromatic rings. The lowest BCUT2D eigenvalue weighted by atomic mass is 9.75. The summed E-state index contributed by atoms with van der Waals surface area (Å²) in [6.07, 6.45) is 7.75. The number of hydrogen-bond acceptors (Lipinski definition) is 4. The van der Waals surface area contributed by atoms with E-state index >= 15 is 0 Å². The van der Waals surface area contributed by atoms with E-state index in [4.69, 9.17) is 0 Å². The Balaban J connectivity index is 1.47. The Labute approximate surface area is 177 Å². The average Bonchev–Trinajstić information content (AvgIpc) is 3.29. The molecule has 0 bridgehead atoms. The van der Waals surface area contributed by atoms with Crippen molar-refractivity contribution in [2.75, 3.05) is 6.61 Å². The third-order valence-corrected chi connectivity index (χ3v) is 6.24. The van der Waals surface area contributed by atoms with E-state index in [9.17, 15) is 15.2 Å². The van der Waals surface area contributed by atoms with Crippen molar-refractivity contribution < 1.29 is 9.90 Å². The first kappa shape index (κ1) is 20.1. The molecular weight excluding hydrogens is 374 g/mol. The van der Waals surface area contributed by atoms with Gasteiger partial charge in [-0.15, -0.1) is 0 Å². The van der Waals surface area contributed by atoms with Crippen LogP contribution in [-0.2, 0) is 0 Å². The van der Waals surface area contributed by atoms with E-state index in [1.54, 1.807) is 24.4 Å². The van der Waals surface area contributed by atoms with Gasteiger partial charge in [0.2, 0.25) is 0 Å². The monoisotopic (exact) mass is 399 g/mol. The van der Waals surface area contributed by atoms with Gasteiger partial charge in [0.25, 0.3) is 5.91 Å². The summed E-state index contributed by atoms with van der Waals surface area (Å²) >= 11 is 0. The summed E-state index contributed by atoms with van der Waals surface area (Å²) in [5, 5.41) is 19.6. The lowest BCUT2D eigenvalue weighted by Crippen LogP contribution is -2.65. The molecular formula is C25H25N3O2. The summed E-state index contributed by atoms with van der Waals surface area (Å²) in [6, 6.07) is 14.1. The van der Waals surface area contributed by atoms with Gasteiger partial charge in [-0.1, -0.05) is 42.9 Å². The molecule has 3 atom stereocenters. The number of hydrogen-bond donors (Lipinski definition) is 1. The smallest absolute Gasteiger partial charge is 0.273 e. The standard InChI is InChI=1S/C25H25N3O2/c26-16-22-24(23(17-29)28(22)25(30)21-10-3-4-15-27-21)20-13-11-19(12-14-20)9-5-8-18-6-1-2-7-18/h3-4,10-15,18,22-24,29H,1-2,6-8,17H2/t22-,23-,24+/m1/s1. The van der Waals surface area contributed by atoms with Crippen molar-refractivity contribution in [3.63, 3.8) is 0 Å². The highest BCUT2D eigenvalue weighted by Gasteiger charge is 2.52. The molecule has 1 N–H and O–H groups in total. The fraction of sp³-hybridized carbons (Fsp3) is 0.400. The molecule has 0 unspecified atom stereocenters. The maximum Gasteiger partial charge on any atom is 0.273 e. The summed E-state index contributed by atoms with van der Waals surface area (Å²) in [6.45, 7) is -0.204. The number of nitrogens with zero attached hydrogens (tertiary/aromatic N) is 3. The summed E-state index contributed by atoms with van der Waals surface area (Å²) in [4.78, 5) is 18.3. The van der Waals surface area contributed by atoms with E-state index in [1.807, 2.05) is 24.3 Å². The third-order valence-electron chi connectivity index (χ3n) is 6.24. The second-order valence-corrected chi connectivity index (χ2v) is 8.06. The first-order chi connectivity index (χ1) is 14.7. The number of nitriles is 1. The minimum absolute atomic E-state index is 0.204. The number of benzene rings is 1. The zero-order chi connectivity index (χ0) is 20.9. The molecule has 1 amide bonds. The minimum atomic E-state index is -0.629. The van der Waals surface area contributed by atoms with Crippen LogP contribution in [0.5, 0.6) is 0 Å². The van der Waals surface area contributed by atoms with Crippen LogP contribution in [0.15, 0.2) is 48.7 Å². The molecule has 5 nitrogen and oxygen atoms in total. The zero-order valence-corrected chi connectivity index (χ0v) is 16.9. The van der Waals surface area contributed by atoms with Crippen molar-refractivity contribution in [2.24, 2.45) is 5.92 Å². The molecule has 2 heterocycles. The van der Waals surface area contributed by atoms with E-state index in [1.165, 1.54) is 30.6 Å². The maximum atomic E-state index is 12.8. The fourth-order valence-electron chi connectivity index (χ4n) is 4.61. The van der Waals surface area contributed by atoms with Gasteiger partial charge in [0.1, 0.15) is 11.7 Å². The highest BCUT2D eigenvalue weighted by molar-refractivity contribution is 5.94. The van der Waals surface area contributed by atoms with Gasteiger partial charge in [0.05, 0.1) is 18.7 Å². The largest absolute Gasteiger partial charge is 0.394 e. The molecule has 30 heavy (non-hydrogen) atoms. The molecule has 2 fully saturated rings. The van der Waals surface area contributed by atoms with Gasteiger partial charge >= 0.3 is 0 Å². The Kier molecular flexibility index (Phi) is 6.12. The first-order valence-corrected chi connectivity index (χ1v) is 10.6. The van der Waals surface area contributed by atoms with Crippen LogP contribution in [0.3, 0.4) is 0 Å². The number of pyridine rings is 1. The van der Waals surface area contributed by atoms with Crippen molar-refractivity contribution >= 4 is 5.91 Å². The lowest BCUT2D eigenvalue weighted by molar-refractivity contribution is -0.00629. The summed E-state index contributed by atoms with van der Waals surface area (Å²) in [5.41, 5.74) is 2.17. The topological polar surface area (TPSA) is 77.2 Å². The molecule has 0 spiro atoms. The Hall–Kier alpha value is -3.15. The van der Waals surface area contributed by atoms with E-state index in [2.05, 4.69) is 22.9 Å². The van der Waals surface area contributed by atoms with Gasteiger partial charge in [-0.25, -0.2) is 0 Å². The number of aromatic nitrogens is 1. The first-order valence-electron chi connectivity index (χ1n) is 10.6. The van der Waals surface area contributed by atoms with Crippen LogP contribution >= 0.6 is 0 Å². The number of carbonyl (C=O) groups is 1. The molecule has 5 heteroatoms. The fourth-order valence-corrected chi connectivity index (χ4v) is 4.61. The Morgan fingerprint density at radius 3 is 2.57 bits per heavy atom. The third kappa shape index (κ3) is 3.95. The number of likely N-dealkylation sites (tertiary alicyclic amines) is 1. The molecule has 4 rings (SSSR count). The van der Waals surface area contributed by atoms with E-state index in [0.717, 1.165) is 23.5 Å². The predicted molar refractivity (Wildman–Crippen MR) is 113 cm³/mol. The maximum absolute atomic E-state index is 12.8. The van der Waals surface area contributed by atoms with Crippen LogP contribution < -0.4 is 0 Å². The Bertz CT molecular complexity index is 979. The number of aliphatic hydroxyl groups excluding tert-OH is 1. The second kappa shape index (κ2) is 9.11. The SMILES string of the molecule is N#C[C@@H]1[C@H](c2ccc(C#CCC3CCCC3)cc2)[C@@H](CO)N1C(=O)c1ccccn1. The summed E-state index contributed by atoms with van der Waals surface area (Å²) in [5.74, 6) is 6.72. The summed E-state index contributed by atoms with van der Waals surface area (Å²) < 4.78 is 0. The molecule has 1 aliphatic heterocycles. The zero-order valence-electron chi connectivity index (χ0n) is 16.9.